The predicted molar refractivity (Wildman–Crippen MR) is 50.9 cm³/mol. The summed E-state index contributed by atoms with van der Waals surface area (Å²) in [6.45, 7) is 7.54. The van der Waals surface area contributed by atoms with Crippen molar-refractivity contribution in [1.29, 1.82) is 0 Å². The molecule has 1 fully saturated rings. The lowest BCUT2D eigenvalue weighted by Crippen LogP contribution is -2.21. The second-order valence-corrected chi connectivity index (χ2v) is 4.40. The molecule has 0 aromatic rings. The summed E-state index contributed by atoms with van der Waals surface area (Å²) in [5, 5.41) is 0. The molecular formula is C7H19NO2S. The van der Waals surface area contributed by atoms with E-state index in [-0.39, 0.29) is 0 Å². The monoisotopic (exact) mass is 181 g/mol. The molecule has 0 unspecified atom stereocenters. The molecular weight excluding hydrogens is 162 g/mol. The first-order valence-electron chi connectivity index (χ1n) is 4.18. The summed E-state index contributed by atoms with van der Waals surface area (Å²) in [6.07, 6.45) is 0.927. The summed E-state index contributed by atoms with van der Waals surface area (Å²) < 4.78 is 20.2. The minimum Gasteiger partial charge on any atom is -0.285 e. The van der Waals surface area contributed by atoms with Gasteiger partial charge in [0.15, 0.2) is 0 Å². The third kappa shape index (κ3) is 2.99. The van der Waals surface area contributed by atoms with Crippen LogP contribution in [-0.2, 0) is 0 Å². The van der Waals surface area contributed by atoms with Gasteiger partial charge in [0, 0.05) is 13.1 Å². The van der Waals surface area contributed by atoms with Crippen molar-refractivity contribution in [1.82, 2.24) is 4.31 Å². The third-order valence-corrected chi connectivity index (χ3v) is 3.70. The Balaban J connectivity index is 0.000000461. The fraction of sp³-hybridized carbons (Fsp3) is 1.00. The van der Waals surface area contributed by atoms with Crippen molar-refractivity contribution < 1.29 is 9.11 Å². The van der Waals surface area contributed by atoms with Crippen LogP contribution in [0.25, 0.3) is 0 Å². The zero-order valence-electron chi connectivity index (χ0n) is 7.58. The van der Waals surface area contributed by atoms with E-state index in [0.29, 0.717) is 5.75 Å². The number of nitrogens with zero attached hydrogens (tertiary/aromatic N) is 1. The number of hydrogen-bond donors (Lipinski definition) is 2. The lowest BCUT2D eigenvalue weighted by Gasteiger charge is -2.35. The van der Waals surface area contributed by atoms with Crippen molar-refractivity contribution in [3.8, 4) is 0 Å². The van der Waals surface area contributed by atoms with Crippen LogP contribution in [0.15, 0.2) is 0 Å². The molecule has 0 aliphatic carbocycles. The zero-order valence-corrected chi connectivity index (χ0v) is 8.39. The van der Waals surface area contributed by atoms with Gasteiger partial charge in [-0.05, 0) is 6.42 Å². The lowest BCUT2D eigenvalue weighted by molar-refractivity contribution is 0.389. The average molecular weight is 181 g/mol. The zero-order chi connectivity index (χ0) is 8.91. The summed E-state index contributed by atoms with van der Waals surface area (Å²) in [6, 6.07) is 0. The molecule has 1 saturated heterocycles. The maximum atomic E-state index is 9.22. The largest absolute Gasteiger partial charge is 0.285 e. The van der Waals surface area contributed by atoms with Crippen molar-refractivity contribution >= 4 is 10.8 Å². The quantitative estimate of drug-likeness (QED) is 0.653. The van der Waals surface area contributed by atoms with E-state index in [2.05, 4.69) is 0 Å². The van der Waals surface area contributed by atoms with E-state index in [4.69, 9.17) is 0 Å². The normalized spacial score (nSPS) is 25.5. The van der Waals surface area contributed by atoms with Crippen LogP contribution in [0.2, 0.25) is 0 Å². The van der Waals surface area contributed by atoms with Gasteiger partial charge in [-0.1, -0.05) is 20.8 Å². The van der Waals surface area contributed by atoms with E-state index in [1.165, 1.54) is 0 Å². The Kier molecular flexibility index (Phi) is 5.08. The van der Waals surface area contributed by atoms with Gasteiger partial charge in [-0.3, -0.25) is 9.11 Å². The number of hydrogen-bond acceptors (Lipinski definition) is 3. The molecule has 0 atom stereocenters. The highest BCUT2D eigenvalue weighted by atomic mass is 32.3. The Morgan fingerprint density at radius 1 is 1.36 bits per heavy atom. The van der Waals surface area contributed by atoms with Crippen molar-refractivity contribution in [2.24, 2.45) is 0 Å². The first-order chi connectivity index (χ1) is 5.17. The van der Waals surface area contributed by atoms with Gasteiger partial charge in [0.1, 0.15) is 0 Å². The van der Waals surface area contributed by atoms with Crippen molar-refractivity contribution in [2.45, 2.75) is 27.2 Å². The fourth-order valence-corrected chi connectivity index (χ4v) is 2.68. The molecule has 0 aromatic carbocycles. The molecule has 0 radical (unpaired) electrons. The standard InChI is InChI=1S/C5H13NO2S.C2H6/c1-2-6-4-3-5-9(6,7)8;1-2/h7-8H,2-5H2,1H3;1-2H3. The van der Waals surface area contributed by atoms with E-state index in [1.54, 1.807) is 4.31 Å². The van der Waals surface area contributed by atoms with E-state index in [9.17, 15) is 9.11 Å². The molecule has 1 rings (SSSR count). The first-order valence-corrected chi connectivity index (χ1v) is 5.85. The molecule has 3 nitrogen and oxygen atoms in total. The first kappa shape index (κ1) is 11.2. The summed E-state index contributed by atoms with van der Waals surface area (Å²) >= 11 is 0. The predicted octanol–water partition coefficient (Wildman–Crippen LogP) is 2.40. The molecule has 0 saturated carbocycles. The van der Waals surface area contributed by atoms with Crippen LogP contribution in [0.3, 0.4) is 0 Å². The number of rotatable bonds is 1. The minimum atomic E-state index is -2.30. The Labute approximate surface area is 70.9 Å². The topological polar surface area (TPSA) is 43.7 Å². The van der Waals surface area contributed by atoms with Crippen molar-refractivity contribution in [3.63, 3.8) is 0 Å². The third-order valence-electron chi connectivity index (χ3n) is 1.59. The van der Waals surface area contributed by atoms with Gasteiger partial charge in [-0.25, -0.2) is 4.31 Å². The van der Waals surface area contributed by atoms with Gasteiger partial charge in [0.25, 0.3) is 0 Å². The second kappa shape index (κ2) is 4.98. The highest BCUT2D eigenvalue weighted by Gasteiger charge is 2.26. The van der Waals surface area contributed by atoms with Crippen LogP contribution in [0.1, 0.15) is 27.2 Å². The van der Waals surface area contributed by atoms with Crippen LogP contribution in [-0.4, -0.2) is 32.3 Å². The highest BCUT2D eigenvalue weighted by Crippen LogP contribution is 2.47. The Hall–Kier alpha value is 0.230. The van der Waals surface area contributed by atoms with E-state index >= 15 is 0 Å². The maximum absolute atomic E-state index is 9.22. The van der Waals surface area contributed by atoms with Gasteiger partial charge in [0.05, 0.1) is 5.75 Å². The Morgan fingerprint density at radius 2 is 1.91 bits per heavy atom. The molecule has 0 amide bonds. The van der Waals surface area contributed by atoms with E-state index in [0.717, 1.165) is 19.5 Å². The maximum Gasteiger partial charge on any atom is 0.0543 e. The van der Waals surface area contributed by atoms with Gasteiger partial charge >= 0.3 is 0 Å². The van der Waals surface area contributed by atoms with Crippen LogP contribution in [0.4, 0.5) is 0 Å². The summed E-state index contributed by atoms with van der Waals surface area (Å²) in [5.41, 5.74) is 0. The molecule has 1 aliphatic heterocycles. The van der Waals surface area contributed by atoms with Gasteiger partial charge < -0.3 is 0 Å². The smallest absolute Gasteiger partial charge is 0.0543 e. The molecule has 0 aromatic heterocycles. The van der Waals surface area contributed by atoms with Gasteiger partial charge in [0.2, 0.25) is 0 Å². The Morgan fingerprint density at radius 3 is 2.09 bits per heavy atom. The molecule has 0 bridgehead atoms. The molecule has 1 aliphatic rings. The summed E-state index contributed by atoms with van der Waals surface area (Å²) in [4.78, 5) is 0. The van der Waals surface area contributed by atoms with Crippen molar-refractivity contribution in [2.75, 3.05) is 18.8 Å². The molecule has 2 N–H and O–H groups in total. The fourth-order valence-electron chi connectivity index (χ4n) is 1.07. The second-order valence-electron chi connectivity index (χ2n) is 2.21. The van der Waals surface area contributed by atoms with Gasteiger partial charge in [-0.2, -0.15) is 0 Å². The van der Waals surface area contributed by atoms with Crippen LogP contribution in [0, 0.1) is 0 Å². The molecule has 4 heteroatoms. The minimum absolute atomic E-state index is 0.570. The molecule has 11 heavy (non-hydrogen) atoms. The molecule has 70 valence electrons. The van der Waals surface area contributed by atoms with E-state index < -0.39 is 10.8 Å². The molecule has 0 spiro atoms. The van der Waals surface area contributed by atoms with Crippen LogP contribution >= 0.6 is 10.8 Å². The van der Waals surface area contributed by atoms with Crippen LogP contribution < -0.4 is 0 Å². The molecule has 1 heterocycles. The van der Waals surface area contributed by atoms with Gasteiger partial charge in [-0.15, -0.1) is 10.8 Å². The van der Waals surface area contributed by atoms with E-state index in [1.807, 2.05) is 20.8 Å². The average Bonchev–Trinajstić information content (AvgIpc) is 2.33. The summed E-state index contributed by atoms with van der Waals surface area (Å²) in [7, 11) is -2.30. The lowest BCUT2D eigenvalue weighted by atomic mass is 10.5. The van der Waals surface area contributed by atoms with Crippen molar-refractivity contribution in [3.05, 3.63) is 0 Å². The highest BCUT2D eigenvalue weighted by molar-refractivity contribution is 8.22. The van der Waals surface area contributed by atoms with Crippen LogP contribution in [0.5, 0.6) is 0 Å². The summed E-state index contributed by atoms with van der Waals surface area (Å²) in [5.74, 6) is 0.570. The Bertz CT molecular complexity index is 109. The SMILES string of the molecule is CC.CCN1CCCS1(O)O.